The van der Waals surface area contributed by atoms with Crippen LogP contribution in [0.25, 0.3) is 6.08 Å². The van der Waals surface area contributed by atoms with Crippen molar-refractivity contribution in [1.82, 2.24) is 4.98 Å². The van der Waals surface area contributed by atoms with Crippen LogP contribution in [0.1, 0.15) is 5.56 Å². The van der Waals surface area contributed by atoms with Gasteiger partial charge in [0.2, 0.25) is 0 Å². The summed E-state index contributed by atoms with van der Waals surface area (Å²) in [6.45, 7) is 1.57. The Hall–Kier alpha value is -1.36. The fourth-order valence-corrected chi connectivity index (χ4v) is 1.99. The lowest BCUT2D eigenvalue weighted by Crippen LogP contribution is -2.41. The van der Waals surface area contributed by atoms with Gasteiger partial charge in [0.15, 0.2) is 0 Å². The molecule has 5 heteroatoms. The number of ether oxygens (including phenoxy) is 3. The molecule has 0 radical (unpaired) electrons. The summed E-state index contributed by atoms with van der Waals surface area (Å²) in [7, 11) is 0. The van der Waals surface area contributed by atoms with Crippen molar-refractivity contribution in [3.8, 4) is 0 Å². The minimum atomic E-state index is -0.746. The molecule has 4 nitrogen and oxygen atoms in total. The largest absolute Gasteiger partial charge is 0.456 e. The molecule has 2 aliphatic rings. The van der Waals surface area contributed by atoms with Crippen LogP contribution in [0.5, 0.6) is 0 Å². The monoisotopic (exact) mass is 265 g/mol. The van der Waals surface area contributed by atoms with Crippen LogP contribution in [0.3, 0.4) is 0 Å². The minimum absolute atomic E-state index is 0.416. The van der Waals surface area contributed by atoms with Gasteiger partial charge in [-0.3, -0.25) is 0 Å². The van der Waals surface area contributed by atoms with Crippen molar-refractivity contribution in [2.24, 2.45) is 0 Å². The molecule has 1 aromatic heterocycles. The number of halogens is 1. The van der Waals surface area contributed by atoms with Crippen LogP contribution >= 0.6 is 11.6 Å². The van der Waals surface area contributed by atoms with E-state index >= 15 is 0 Å². The Morgan fingerprint density at radius 2 is 2.28 bits per heavy atom. The van der Waals surface area contributed by atoms with Gasteiger partial charge in [0.1, 0.15) is 17.5 Å². The fourth-order valence-electron chi connectivity index (χ4n) is 1.88. The number of allylic oxidation sites excluding steroid dienone is 1. The summed E-state index contributed by atoms with van der Waals surface area (Å²) >= 11 is 5.73. The van der Waals surface area contributed by atoms with E-state index < -0.39 is 5.79 Å². The van der Waals surface area contributed by atoms with Crippen LogP contribution in [-0.4, -0.2) is 30.6 Å². The van der Waals surface area contributed by atoms with Crippen LogP contribution in [0.15, 0.2) is 36.2 Å². The summed E-state index contributed by atoms with van der Waals surface area (Å²) in [6, 6.07) is 3.62. The van der Waals surface area contributed by atoms with Gasteiger partial charge in [0.05, 0.1) is 13.2 Å². The summed E-state index contributed by atoms with van der Waals surface area (Å²) in [4.78, 5) is 4.01. The van der Waals surface area contributed by atoms with E-state index in [1.165, 1.54) is 0 Å². The van der Waals surface area contributed by atoms with Gasteiger partial charge in [-0.1, -0.05) is 17.7 Å². The first-order valence-corrected chi connectivity index (χ1v) is 6.07. The highest BCUT2D eigenvalue weighted by Gasteiger charge is 2.37. The van der Waals surface area contributed by atoms with Crippen molar-refractivity contribution < 1.29 is 14.2 Å². The molecular formula is C13H12ClNO3. The predicted molar refractivity (Wildman–Crippen MR) is 67.0 cm³/mol. The maximum Gasteiger partial charge on any atom is 0.254 e. The molecule has 1 saturated heterocycles. The Balaban J connectivity index is 1.75. The lowest BCUT2D eigenvalue weighted by Gasteiger charge is -2.31. The molecule has 0 aliphatic carbocycles. The third-order valence-electron chi connectivity index (χ3n) is 2.73. The topological polar surface area (TPSA) is 40.6 Å². The molecular weight excluding hydrogens is 254 g/mol. The maximum absolute atomic E-state index is 5.77. The van der Waals surface area contributed by atoms with E-state index in [1.807, 2.05) is 24.3 Å². The third-order valence-corrected chi connectivity index (χ3v) is 2.95. The normalized spacial score (nSPS) is 28.8. The second kappa shape index (κ2) is 4.72. The Morgan fingerprint density at radius 1 is 1.33 bits per heavy atom. The molecule has 2 aliphatic heterocycles. The molecule has 3 heterocycles. The maximum atomic E-state index is 5.77. The second-order valence-electron chi connectivity index (χ2n) is 4.11. The van der Waals surface area contributed by atoms with E-state index in [9.17, 15) is 0 Å². The highest BCUT2D eigenvalue weighted by Crippen LogP contribution is 2.30. The van der Waals surface area contributed by atoms with Gasteiger partial charge in [0, 0.05) is 6.20 Å². The molecule has 1 unspecified atom stereocenters. The molecule has 0 amide bonds. The van der Waals surface area contributed by atoms with Crippen LogP contribution in [0.4, 0.5) is 0 Å². The summed E-state index contributed by atoms with van der Waals surface area (Å²) < 4.78 is 16.7. The van der Waals surface area contributed by atoms with Gasteiger partial charge in [-0.05, 0) is 29.9 Å². The average molecular weight is 266 g/mol. The zero-order valence-electron chi connectivity index (χ0n) is 9.64. The molecule has 1 fully saturated rings. The molecule has 1 aromatic rings. The van der Waals surface area contributed by atoms with Crippen molar-refractivity contribution >= 4 is 17.7 Å². The summed E-state index contributed by atoms with van der Waals surface area (Å²) in [5.74, 6) is -0.0196. The van der Waals surface area contributed by atoms with E-state index in [-0.39, 0.29) is 0 Å². The van der Waals surface area contributed by atoms with Gasteiger partial charge in [-0.2, -0.15) is 0 Å². The van der Waals surface area contributed by atoms with E-state index in [4.69, 9.17) is 25.8 Å². The first-order valence-electron chi connectivity index (χ1n) is 5.69. The van der Waals surface area contributed by atoms with Crippen molar-refractivity contribution in [2.75, 3.05) is 19.8 Å². The van der Waals surface area contributed by atoms with Gasteiger partial charge < -0.3 is 14.2 Å². The van der Waals surface area contributed by atoms with Crippen LogP contribution in [0, 0.1) is 0 Å². The van der Waals surface area contributed by atoms with Crippen LogP contribution < -0.4 is 0 Å². The van der Waals surface area contributed by atoms with Gasteiger partial charge in [-0.15, -0.1) is 0 Å². The molecule has 1 spiro atoms. The highest BCUT2D eigenvalue weighted by atomic mass is 35.5. The van der Waals surface area contributed by atoms with Crippen molar-refractivity contribution in [3.05, 3.63) is 47.0 Å². The predicted octanol–water partition coefficient (Wildman–Crippen LogP) is 2.41. The molecule has 0 bridgehead atoms. The molecule has 0 N–H and O–H groups in total. The molecule has 94 valence electrons. The highest BCUT2D eigenvalue weighted by molar-refractivity contribution is 6.29. The molecule has 1 atom stereocenters. The number of aromatic nitrogens is 1. The van der Waals surface area contributed by atoms with E-state index in [0.717, 1.165) is 11.3 Å². The second-order valence-corrected chi connectivity index (χ2v) is 4.50. The first kappa shape index (κ1) is 11.7. The number of hydrogen-bond donors (Lipinski definition) is 0. The smallest absolute Gasteiger partial charge is 0.254 e. The van der Waals surface area contributed by atoms with Crippen molar-refractivity contribution in [1.29, 1.82) is 0 Å². The van der Waals surface area contributed by atoms with E-state index in [2.05, 4.69) is 4.98 Å². The molecule has 0 aromatic carbocycles. The minimum Gasteiger partial charge on any atom is -0.456 e. The zero-order valence-corrected chi connectivity index (χ0v) is 10.4. The average Bonchev–Trinajstić information content (AvgIpc) is 2.76. The SMILES string of the molecule is Clc1ccc(/C=C2/C=CC3(COCCO3)O2)cn1. The fraction of sp³-hybridized carbons (Fsp3) is 0.308. The zero-order chi connectivity index (χ0) is 12.4. The Labute approximate surface area is 110 Å². The Kier molecular flexibility index (Phi) is 3.07. The first-order chi connectivity index (χ1) is 8.76. The van der Waals surface area contributed by atoms with E-state index in [1.54, 1.807) is 12.3 Å². The van der Waals surface area contributed by atoms with Crippen molar-refractivity contribution in [3.63, 3.8) is 0 Å². The lowest BCUT2D eigenvalue weighted by molar-refractivity contribution is -0.239. The molecule has 3 rings (SSSR count). The third kappa shape index (κ3) is 2.41. The van der Waals surface area contributed by atoms with E-state index in [0.29, 0.717) is 25.0 Å². The lowest BCUT2D eigenvalue weighted by atomic mass is 10.2. The standard InChI is InChI=1S/C13H12ClNO3/c14-12-2-1-10(8-15-12)7-11-3-4-13(18-11)9-16-5-6-17-13/h1-4,7-8H,5-6,9H2/b11-7-. The quantitative estimate of drug-likeness (QED) is 0.731. The van der Waals surface area contributed by atoms with Crippen LogP contribution in [-0.2, 0) is 14.2 Å². The number of pyridine rings is 1. The number of hydrogen-bond acceptors (Lipinski definition) is 4. The number of rotatable bonds is 1. The van der Waals surface area contributed by atoms with Gasteiger partial charge >= 0.3 is 0 Å². The summed E-state index contributed by atoms with van der Waals surface area (Å²) in [6.07, 6.45) is 7.33. The summed E-state index contributed by atoms with van der Waals surface area (Å²) in [5.41, 5.74) is 0.924. The van der Waals surface area contributed by atoms with Gasteiger partial charge in [-0.25, -0.2) is 4.98 Å². The summed E-state index contributed by atoms with van der Waals surface area (Å²) in [5, 5.41) is 0.473. The molecule has 0 saturated carbocycles. The van der Waals surface area contributed by atoms with Gasteiger partial charge in [0.25, 0.3) is 5.79 Å². The van der Waals surface area contributed by atoms with Crippen molar-refractivity contribution in [2.45, 2.75) is 5.79 Å². The Bertz CT molecular complexity index is 489. The number of nitrogens with zero attached hydrogens (tertiary/aromatic N) is 1. The molecule has 18 heavy (non-hydrogen) atoms. The van der Waals surface area contributed by atoms with Crippen LogP contribution in [0.2, 0.25) is 5.15 Å². The Morgan fingerprint density at radius 3 is 3.00 bits per heavy atom.